The molecule has 1 aromatic carbocycles. The van der Waals surface area contributed by atoms with Crippen LogP contribution in [0, 0.1) is 0 Å². The lowest BCUT2D eigenvalue weighted by atomic mass is 10.1. The fourth-order valence-corrected chi connectivity index (χ4v) is 3.75. The summed E-state index contributed by atoms with van der Waals surface area (Å²) in [5.41, 5.74) is 9.86. The monoisotopic (exact) mass is 375 g/mol. The summed E-state index contributed by atoms with van der Waals surface area (Å²) < 4.78 is 0. The number of pyridine rings is 2. The van der Waals surface area contributed by atoms with E-state index in [0.29, 0.717) is 6.42 Å². The zero-order chi connectivity index (χ0) is 19.3. The number of fused-ring (bicyclic) bond motifs is 1. The molecular formula is C22H25N5O. The number of piperidine rings is 1. The number of rotatable bonds is 5. The van der Waals surface area contributed by atoms with E-state index >= 15 is 0 Å². The summed E-state index contributed by atoms with van der Waals surface area (Å²) in [7, 11) is 0. The van der Waals surface area contributed by atoms with E-state index in [1.807, 2.05) is 30.3 Å². The molecule has 28 heavy (non-hydrogen) atoms. The first-order chi connectivity index (χ1) is 13.7. The maximum Gasteiger partial charge on any atom is 0.241 e. The lowest BCUT2D eigenvalue weighted by molar-refractivity contribution is -0.117. The zero-order valence-corrected chi connectivity index (χ0v) is 15.8. The van der Waals surface area contributed by atoms with E-state index < -0.39 is 6.04 Å². The van der Waals surface area contributed by atoms with Gasteiger partial charge in [-0.15, -0.1) is 0 Å². The minimum Gasteiger partial charge on any atom is -0.370 e. The Labute approximate surface area is 164 Å². The van der Waals surface area contributed by atoms with E-state index in [2.05, 4.69) is 26.3 Å². The Morgan fingerprint density at radius 2 is 1.93 bits per heavy atom. The Morgan fingerprint density at radius 1 is 1.11 bits per heavy atom. The van der Waals surface area contributed by atoms with Crippen LogP contribution in [0.1, 0.15) is 24.8 Å². The largest absolute Gasteiger partial charge is 0.370 e. The molecule has 3 heterocycles. The van der Waals surface area contributed by atoms with Crippen molar-refractivity contribution < 1.29 is 4.79 Å². The summed E-state index contributed by atoms with van der Waals surface area (Å²) in [5.74, 6) is -0.209. The van der Waals surface area contributed by atoms with Crippen LogP contribution in [0.25, 0.3) is 10.9 Å². The molecule has 0 spiro atoms. The summed E-state index contributed by atoms with van der Waals surface area (Å²) in [6.45, 7) is 2.10. The molecule has 0 saturated carbocycles. The minimum absolute atomic E-state index is 0.209. The Kier molecular flexibility index (Phi) is 5.48. The van der Waals surface area contributed by atoms with Gasteiger partial charge < -0.3 is 16.0 Å². The van der Waals surface area contributed by atoms with Gasteiger partial charge in [-0.3, -0.25) is 14.8 Å². The molecule has 144 valence electrons. The van der Waals surface area contributed by atoms with Crippen LogP contribution in [0.5, 0.6) is 0 Å². The molecule has 4 rings (SSSR count). The maximum absolute atomic E-state index is 12.7. The highest BCUT2D eigenvalue weighted by Gasteiger charge is 2.19. The molecule has 6 heteroatoms. The van der Waals surface area contributed by atoms with Crippen molar-refractivity contribution in [1.82, 2.24) is 9.97 Å². The number of anilines is 2. The molecule has 1 aliphatic rings. The van der Waals surface area contributed by atoms with Crippen molar-refractivity contribution in [3.05, 3.63) is 60.6 Å². The third-order valence-corrected chi connectivity index (χ3v) is 5.22. The number of hydrogen-bond acceptors (Lipinski definition) is 5. The number of nitrogens with zero attached hydrogens (tertiary/aromatic N) is 3. The first-order valence-corrected chi connectivity index (χ1v) is 9.80. The number of nitrogens with two attached hydrogens (primary N) is 1. The second-order valence-electron chi connectivity index (χ2n) is 7.24. The summed E-state index contributed by atoms with van der Waals surface area (Å²) in [6, 6.07) is 11.0. The SMILES string of the molecule is NC(Cc1cccnc1)C(=O)Nc1ccc(N2CCCCC2)c2ncccc12. The van der Waals surface area contributed by atoms with E-state index in [-0.39, 0.29) is 5.91 Å². The van der Waals surface area contributed by atoms with E-state index in [4.69, 9.17) is 5.73 Å². The van der Waals surface area contributed by atoms with Crippen LogP contribution in [0.15, 0.2) is 55.0 Å². The van der Waals surface area contributed by atoms with Gasteiger partial charge in [0, 0.05) is 37.1 Å². The molecule has 1 aliphatic heterocycles. The molecule has 1 fully saturated rings. The van der Waals surface area contributed by atoms with Gasteiger partial charge in [-0.2, -0.15) is 0 Å². The van der Waals surface area contributed by atoms with Crippen molar-refractivity contribution >= 4 is 28.2 Å². The molecule has 3 aromatic rings. The van der Waals surface area contributed by atoms with E-state index in [9.17, 15) is 4.79 Å². The summed E-state index contributed by atoms with van der Waals surface area (Å²) >= 11 is 0. The number of aromatic nitrogens is 2. The first-order valence-electron chi connectivity index (χ1n) is 9.80. The fraction of sp³-hybridized carbons (Fsp3) is 0.318. The zero-order valence-electron chi connectivity index (χ0n) is 15.8. The van der Waals surface area contributed by atoms with Gasteiger partial charge in [0.15, 0.2) is 0 Å². The molecule has 0 aliphatic carbocycles. The number of amides is 1. The number of hydrogen-bond donors (Lipinski definition) is 2. The third-order valence-electron chi connectivity index (χ3n) is 5.22. The molecule has 0 bridgehead atoms. The van der Waals surface area contributed by atoms with Gasteiger partial charge in [-0.25, -0.2) is 0 Å². The van der Waals surface area contributed by atoms with Crippen LogP contribution >= 0.6 is 0 Å². The Balaban J connectivity index is 1.56. The first kappa shape index (κ1) is 18.4. The van der Waals surface area contributed by atoms with Gasteiger partial charge >= 0.3 is 0 Å². The molecule has 3 N–H and O–H groups in total. The number of carbonyl (C=O) groups excluding carboxylic acids is 1. The highest BCUT2D eigenvalue weighted by Crippen LogP contribution is 2.32. The Morgan fingerprint density at radius 3 is 2.71 bits per heavy atom. The average molecular weight is 375 g/mol. The van der Waals surface area contributed by atoms with Gasteiger partial charge in [0.1, 0.15) is 0 Å². The third kappa shape index (κ3) is 3.97. The van der Waals surface area contributed by atoms with Crippen LogP contribution < -0.4 is 16.0 Å². The maximum atomic E-state index is 12.7. The molecule has 0 radical (unpaired) electrons. The highest BCUT2D eigenvalue weighted by atomic mass is 16.2. The molecule has 1 amide bonds. The van der Waals surface area contributed by atoms with Gasteiger partial charge in [-0.1, -0.05) is 6.07 Å². The lowest BCUT2D eigenvalue weighted by Crippen LogP contribution is -2.37. The quantitative estimate of drug-likeness (QED) is 0.716. The van der Waals surface area contributed by atoms with Crippen molar-refractivity contribution in [2.75, 3.05) is 23.3 Å². The van der Waals surface area contributed by atoms with Crippen LogP contribution in [0.3, 0.4) is 0 Å². The number of nitrogens with one attached hydrogen (secondary N) is 1. The normalized spacial score (nSPS) is 15.4. The second-order valence-corrected chi connectivity index (χ2v) is 7.24. The predicted molar refractivity (Wildman–Crippen MR) is 112 cm³/mol. The van der Waals surface area contributed by atoms with Crippen molar-refractivity contribution in [2.24, 2.45) is 5.73 Å². The molecule has 1 saturated heterocycles. The standard InChI is InChI=1S/C22H25N5O/c23-18(14-16-6-4-10-24-15-16)22(28)26-19-8-9-20(27-12-2-1-3-13-27)21-17(19)7-5-11-25-21/h4-11,15,18H,1-3,12-14,23H2,(H,26,28). The second kappa shape index (κ2) is 8.35. The predicted octanol–water partition coefficient (Wildman–Crippen LogP) is 3.13. The summed E-state index contributed by atoms with van der Waals surface area (Å²) in [4.78, 5) is 23.7. The highest BCUT2D eigenvalue weighted by molar-refractivity contribution is 6.06. The lowest BCUT2D eigenvalue weighted by Gasteiger charge is -2.29. The van der Waals surface area contributed by atoms with Gasteiger partial charge in [0.2, 0.25) is 5.91 Å². The molecule has 2 aromatic heterocycles. The van der Waals surface area contributed by atoms with Crippen molar-refractivity contribution in [1.29, 1.82) is 0 Å². The smallest absolute Gasteiger partial charge is 0.241 e. The van der Waals surface area contributed by atoms with Crippen molar-refractivity contribution in [2.45, 2.75) is 31.7 Å². The van der Waals surface area contributed by atoms with Gasteiger partial charge in [0.05, 0.1) is 22.9 Å². The Bertz CT molecular complexity index is 954. The number of carbonyl (C=O) groups is 1. The van der Waals surface area contributed by atoms with Crippen LogP contribution in [0.4, 0.5) is 11.4 Å². The summed E-state index contributed by atoms with van der Waals surface area (Å²) in [5, 5.41) is 3.93. The van der Waals surface area contributed by atoms with E-state index in [1.54, 1.807) is 18.6 Å². The average Bonchev–Trinajstić information content (AvgIpc) is 2.75. The minimum atomic E-state index is -0.641. The fourth-order valence-electron chi connectivity index (χ4n) is 3.75. The number of benzene rings is 1. The summed E-state index contributed by atoms with van der Waals surface area (Å²) in [6.07, 6.45) is 9.38. The van der Waals surface area contributed by atoms with Crippen molar-refractivity contribution in [3.8, 4) is 0 Å². The van der Waals surface area contributed by atoms with Gasteiger partial charge in [-0.05, 0) is 61.6 Å². The molecule has 1 unspecified atom stereocenters. The van der Waals surface area contributed by atoms with Crippen molar-refractivity contribution in [3.63, 3.8) is 0 Å². The molecular weight excluding hydrogens is 350 g/mol. The van der Waals surface area contributed by atoms with E-state index in [0.717, 1.165) is 40.9 Å². The van der Waals surface area contributed by atoms with Gasteiger partial charge in [0.25, 0.3) is 0 Å². The van der Waals surface area contributed by atoms with Crippen LogP contribution in [-0.2, 0) is 11.2 Å². The Hall–Kier alpha value is -2.99. The van der Waals surface area contributed by atoms with Crippen LogP contribution in [0.2, 0.25) is 0 Å². The molecule has 6 nitrogen and oxygen atoms in total. The van der Waals surface area contributed by atoms with Crippen LogP contribution in [-0.4, -0.2) is 35.0 Å². The van der Waals surface area contributed by atoms with E-state index in [1.165, 1.54) is 19.3 Å². The topological polar surface area (TPSA) is 84.1 Å². The molecule has 1 atom stereocenters.